The van der Waals surface area contributed by atoms with Crippen LogP contribution < -0.4 is 10.6 Å². The minimum Gasteiger partial charge on any atom is -0.481 e. The third-order valence-corrected chi connectivity index (χ3v) is 4.13. The summed E-state index contributed by atoms with van der Waals surface area (Å²) in [7, 11) is 0. The third-order valence-electron chi connectivity index (χ3n) is 4.13. The zero-order chi connectivity index (χ0) is 15.1. The second-order valence-corrected chi connectivity index (χ2v) is 5.67. The first-order chi connectivity index (χ1) is 10.1. The van der Waals surface area contributed by atoms with E-state index in [9.17, 15) is 14.7 Å². The molecule has 0 aliphatic heterocycles. The summed E-state index contributed by atoms with van der Waals surface area (Å²) < 4.78 is 4.91. The van der Waals surface area contributed by atoms with E-state index in [0.717, 1.165) is 31.2 Å². The Bertz CT molecular complexity index is 462. The molecule has 21 heavy (non-hydrogen) atoms. The molecule has 1 aromatic rings. The fourth-order valence-corrected chi connectivity index (χ4v) is 2.76. The lowest BCUT2D eigenvalue weighted by Gasteiger charge is -2.28. The monoisotopic (exact) mass is 294 g/mol. The summed E-state index contributed by atoms with van der Waals surface area (Å²) in [6.45, 7) is 0.544. The van der Waals surface area contributed by atoms with Gasteiger partial charge in [-0.2, -0.15) is 0 Å². The topological polar surface area (TPSA) is 91.6 Å². The van der Waals surface area contributed by atoms with Crippen molar-refractivity contribution in [1.29, 1.82) is 0 Å². The number of carbonyl (C=O) groups is 2. The van der Waals surface area contributed by atoms with Gasteiger partial charge in [0.2, 0.25) is 0 Å². The highest BCUT2D eigenvalue weighted by Gasteiger charge is 2.38. The fraction of sp³-hybridized carbons (Fsp3) is 0.600. The molecule has 1 fully saturated rings. The molecule has 0 unspecified atom stereocenters. The Balaban J connectivity index is 1.83. The Morgan fingerprint density at radius 3 is 2.48 bits per heavy atom. The van der Waals surface area contributed by atoms with Gasteiger partial charge in [-0.05, 0) is 18.9 Å². The van der Waals surface area contributed by atoms with Crippen LogP contribution in [0.25, 0.3) is 0 Å². The molecule has 6 nitrogen and oxygen atoms in total. The van der Waals surface area contributed by atoms with Gasteiger partial charge in [-0.15, -0.1) is 0 Å². The van der Waals surface area contributed by atoms with Crippen molar-refractivity contribution < 1.29 is 19.1 Å². The average Bonchev–Trinajstić information content (AvgIpc) is 2.87. The number of urea groups is 1. The van der Waals surface area contributed by atoms with Gasteiger partial charge < -0.3 is 20.2 Å². The van der Waals surface area contributed by atoms with E-state index in [-0.39, 0.29) is 12.6 Å². The van der Waals surface area contributed by atoms with Crippen molar-refractivity contribution >= 4 is 12.0 Å². The van der Waals surface area contributed by atoms with E-state index in [2.05, 4.69) is 10.6 Å². The standard InChI is InChI=1S/C15H22N2O4/c18-13(19)15(6-3-1-2-4-7-15)11-17-14(20)16-9-12-5-8-21-10-12/h5,8,10H,1-4,6-7,9,11H2,(H,18,19)(H2,16,17,20). The van der Waals surface area contributed by atoms with Gasteiger partial charge in [0.1, 0.15) is 0 Å². The molecule has 3 N–H and O–H groups in total. The molecule has 0 bridgehead atoms. The van der Waals surface area contributed by atoms with Crippen LogP contribution >= 0.6 is 0 Å². The van der Waals surface area contributed by atoms with Crippen molar-refractivity contribution in [3.05, 3.63) is 24.2 Å². The largest absolute Gasteiger partial charge is 0.481 e. The molecule has 0 radical (unpaired) electrons. The maximum Gasteiger partial charge on any atom is 0.315 e. The number of hydrogen-bond donors (Lipinski definition) is 3. The van der Waals surface area contributed by atoms with Gasteiger partial charge >= 0.3 is 12.0 Å². The lowest BCUT2D eigenvalue weighted by atomic mass is 9.80. The number of aliphatic carboxylic acids is 1. The summed E-state index contributed by atoms with van der Waals surface area (Å²) in [4.78, 5) is 23.4. The molecule has 6 heteroatoms. The van der Waals surface area contributed by atoms with Crippen LogP contribution in [-0.2, 0) is 11.3 Å². The van der Waals surface area contributed by atoms with Gasteiger partial charge in [0.15, 0.2) is 0 Å². The van der Waals surface area contributed by atoms with Gasteiger partial charge in [-0.1, -0.05) is 25.7 Å². The summed E-state index contributed by atoms with van der Waals surface area (Å²) >= 11 is 0. The number of hydrogen-bond acceptors (Lipinski definition) is 3. The molecule has 1 saturated carbocycles. The van der Waals surface area contributed by atoms with E-state index in [1.54, 1.807) is 18.6 Å². The summed E-state index contributed by atoms with van der Waals surface area (Å²) in [5.41, 5.74) is 0.0521. The highest BCUT2D eigenvalue weighted by molar-refractivity contribution is 5.78. The van der Waals surface area contributed by atoms with E-state index in [1.807, 2.05) is 0 Å². The van der Waals surface area contributed by atoms with Crippen LogP contribution in [0.2, 0.25) is 0 Å². The molecule has 0 saturated heterocycles. The SMILES string of the molecule is O=C(NCc1ccoc1)NCC1(C(=O)O)CCCCCC1. The maximum atomic E-state index is 11.8. The third kappa shape index (κ3) is 4.24. The highest BCUT2D eigenvalue weighted by Crippen LogP contribution is 2.34. The summed E-state index contributed by atoms with van der Waals surface area (Å²) in [5, 5.41) is 14.9. The minimum atomic E-state index is -0.816. The Labute approximate surface area is 123 Å². The molecule has 2 amide bonds. The molecule has 1 aliphatic carbocycles. The number of nitrogens with one attached hydrogen (secondary N) is 2. The van der Waals surface area contributed by atoms with Gasteiger partial charge in [-0.25, -0.2) is 4.79 Å². The van der Waals surface area contributed by atoms with Crippen molar-refractivity contribution in [3.8, 4) is 0 Å². The Morgan fingerprint density at radius 1 is 1.19 bits per heavy atom. The van der Waals surface area contributed by atoms with Crippen LogP contribution in [0.4, 0.5) is 4.79 Å². The number of carbonyl (C=O) groups excluding carboxylic acids is 1. The summed E-state index contributed by atoms with van der Waals surface area (Å²) in [6.07, 6.45) is 8.32. The lowest BCUT2D eigenvalue weighted by Crippen LogP contribution is -2.46. The lowest BCUT2D eigenvalue weighted by molar-refractivity contribution is -0.149. The molecule has 116 valence electrons. The molecule has 2 rings (SSSR count). The molecule has 1 heterocycles. The van der Waals surface area contributed by atoms with Gasteiger partial charge in [0, 0.05) is 18.7 Å². The van der Waals surface area contributed by atoms with Crippen LogP contribution in [0.1, 0.15) is 44.1 Å². The number of furan rings is 1. The smallest absolute Gasteiger partial charge is 0.315 e. The normalized spacial score (nSPS) is 17.7. The fourth-order valence-electron chi connectivity index (χ4n) is 2.76. The van der Waals surface area contributed by atoms with Crippen LogP contribution in [0.5, 0.6) is 0 Å². The number of carboxylic acids is 1. The van der Waals surface area contributed by atoms with E-state index in [1.165, 1.54) is 0 Å². The van der Waals surface area contributed by atoms with E-state index in [4.69, 9.17) is 4.42 Å². The number of amides is 2. The quantitative estimate of drug-likeness (QED) is 0.728. The van der Waals surface area contributed by atoms with Crippen LogP contribution in [0.15, 0.2) is 23.0 Å². The highest BCUT2D eigenvalue weighted by atomic mass is 16.4. The van der Waals surface area contributed by atoms with Gasteiger partial charge in [0.05, 0.1) is 17.9 Å². The second-order valence-electron chi connectivity index (χ2n) is 5.67. The van der Waals surface area contributed by atoms with Crippen LogP contribution in [0.3, 0.4) is 0 Å². The number of rotatable bonds is 5. The first-order valence-corrected chi connectivity index (χ1v) is 7.39. The minimum absolute atomic E-state index is 0.180. The molecule has 0 aromatic carbocycles. The molecular formula is C15H22N2O4. The van der Waals surface area contributed by atoms with Gasteiger partial charge in [0.25, 0.3) is 0 Å². The Hall–Kier alpha value is -1.98. The van der Waals surface area contributed by atoms with Crippen molar-refractivity contribution in [2.24, 2.45) is 5.41 Å². The predicted octanol–water partition coefficient (Wildman–Crippen LogP) is 2.50. The van der Waals surface area contributed by atoms with Gasteiger partial charge in [-0.3, -0.25) is 4.79 Å². The molecule has 0 atom stereocenters. The van der Waals surface area contributed by atoms with Crippen molar-refractivity contribution in [3.63, 3.8) is 0 Å². The predicted molar refractivity (Wildman–Crippen MR) is 76.7 cm³/mol. The Morgan fingerprint density at radius 2 is 1.90 bits per heavy atom. The summed E-state index contributed by atoms with van der Waals surface area (Å²) in [6, 6.07) is 1.42. The second kappa shape index (κ2) is 7.15. The zero-order valence-electron chi connectivity index (χ0n) is 12.1. The molecule has 1 aromatic heterocycles. The van der Waals surface area contributed by atoms with Crippen molar-refractivity contribution in [2.45, 2.75) is 45.1 Å². The van der Waals surface area contributed by atoms with E-state index in [0.29, 0.717) is 19.4 Å². The number of carboxylic acid groups (broad SMARTS) is 1. The molecule has 1 aliphatic rings. The first-order valence-electron chi connectivity index (χ1n) is 7.39. The average molecular weight is 294 g/mol. The Kier molecular flexibility index (Phi) is 5.25. The van der Waals surface area contributed by atoms with Crippen molar-refractivity contribution in [1.82, 2.24) is 10.6 Å². The van der Waals surface area contributed by atoms with Crippen molar-refractivity contribution in [2.75, 3.05) is 6.54 Å². The van der Waals surface area contributed by atoms with Crippen LogP contribution in [0, 0.1) is 5.41 Å². The van der Waals surface area contributed by atoms with E-state index >= 15 is 0 Å². The zero-order valence-corrected chi connectivity index (χ0v) is 12.1. The first kappa shape index (κ1) is 15.4. The van der Waals surface area contributed by atoms with Crippen LogP contribution in [-0.4, -0.2) is 23.7 Å². The molecular weight excluding hydrogens is 272 g/mol. The maximum absolute atomic E-state index is 11.8. The molecule has 0 spiro atoms. The van der Waals surface area contributed by atoms with E-state index < -0.39 is 11.4 Å². The summed E-state index contributed by atoms with van der Waals surface area (Å²) in [5.74, 6) is -0.806.